The smallest absolute Gasteiger partial charge is 0.189 e. The molecule has 0 spiro atoms. The number of hydrogen-bond acceptors (Lipinski definition) is 2. The van der Waals surface area contributed by atoms with Crippen LogP contribution in [0.5, 0.6) is 0 Å². The third kappa shape index (κ3) is 0.968. The molecule has 1 unspecified atom stereocenters. The molecule has 2 rings (SSSR count). The molecule has 2 heteroatoms. The van der Waals surface area contributed by atoms with E-state index < -0.39 is 0 Å². The molecule has 1 radical (unpaired) electrons. The lowest BCUT2D eigenvalue weighted by atomic mass is 9.83. The molecule has 1 aliphatic heterocycles. The van der Waals surface area contributed by atoms with Gasteiger partial charge in [0.15, 0.2) is 6.26 Å². The van der Waals surface area contributed by atoms with Crippen LogP contribution in [0.3, 0.4) is 0 Å². The Bertz CT molecular complexity index is 180. The highest BCUT2D eigenvalue weighted by molar-refractivity contribution is 5.14. The number of hydroxylamine groups is 1. The number of hydrogen-bond donors (Lipinski definition) is 1. The lowest BCUT2D eigenvalue weighted by molar-refractivity contribution is 0.0542. The highest BCUT2D eigenvalue weighted by atomic mass is 16.6. The first-order valence-corrected chi connectivity index (χ1v) is 4.28. The normalized spacial score (nSPS) is 36.3. The third-order valence-corrected chi connectivity index (χ3v) is 2.79. The predicted molar refractivity (Wildman–Crippen MR) is 42.3 cm³/mol. The van der Waals surface area contributed by atoms with Gasteiger partial charge in [-0.05, 0) is 30.8 Å². The second-order valence-corrected chi connectivity index (χ2v) is 3.83. The SMILES string of the molecule is CC(C)C1(C2CC2)C=[C]ON1. The van der Waals surface area contributed by atoms with Gasteiger partial charge in [0.1, 0.15) is 0 Å². The molecule has 0 aromatic heterocycles. The zero-order valence-electron chi connectivity index (χ0n) is 7.05. The van der Waals surface area contributed by atoms with Crippen LogP contribution in [-0.2, 0) is 4.84 Å². The van der Waals surface area contributed by atoms with Gasteiger partial charge in [0.05, 0.1) is 5.54 Å². The highest BCUT2D eigenvalue weighted by Gasteiger charge is 2.48. The van der Waals surface area contributed by atoms with E-state index in [-0.39, 0.29) is 5.54 Å². The molecule has 2 nitrogen and oxygen atoms in total. The molecule has 0 aromatic rings. The van der Waals surface area contributed by atoms with Gasteiger partial charge in [-0.3, -0.25) is 0 Å². The Morgan fingerprint density at radius 3 is 2.73 bits per heavy atom. The van der Waals surface area contributed by atoms with E-state index in [0.29, 0.717) is 5.92 Å². The van der Waals surface area contributed by atoms with Crippen LogP contribution in [0.2, 0.25) is 0 Å². The van der Waals surface area contributed by atoms with Gasteiger partial charge in [-0.15, -0.1) is 5.48 Å². The summed E-state index contributed by atoms with van der Waals surface area (Å²) in [4.78, 5) is 4.97. The molecule has 1 aliphatic carbocycles. The summed E-state index contributed by atoms with van der Waals surface area (Å²) in [5.74, 6) is 1.36. The van der Waals surface area contributed by atoms with Crippen LogP contribution in [-0.4, -0.2) is 5.54 Å². The summed E-state index contributed by atoms with van der Waals surface area (Å²) >= 11 is 0. The van der Waals surface area contributed by atoms with E-state index in [1.807, 2.05) is 0 Å². The van der Waals surface area contributed by atoms with Crippen molar-refractivity contribution in [3.05, 3.63) is 12.3 Å². The van der Waals surface area contributed by atoms with Crippen LogP contribution in [0.4, 0.5) is 0 Å². The van der Waals surface area contributed by atoms with Gasteiger partial charge in [-0.2, -0.15) is 0 Å². The predicted octanol–water partition coefficient (Wildman–Crippen LogP) is 1.64. The molecule has 1 saturated carbocycles. The van der Waals surface area contributed by atoms with Crippen molar-refractivity contribution in [2.75, 3.05) is 0 Å². The zero-order chi connectivity index (χ0) is 7.90. The van der Waals surface area contributed by atoms with Gasteiger partial charge in [0, 0.05) is 0 Å². The van der Waals surface area contributed by atoms with Crippen molar-refractivity contribution in [3.63, 3.8) is 0 Å². The first-order valence-electron chi connectivity index (χ1n) is 4.28. The van der Waals surface area contributed by atoms with E-state index in [1.165, 1.54) is 12.8 Å². The lowest BCUT2D eigenvalue weighted by Gasteiger charge is -2.30. The van der Waals surface area contributed by atoms with Crippen molar-refractivity contribution in [3.8, 4) is 0 Å². The maximum atomic E-state index is 4.97. The van der Waals surface area contributed by atoms with Crippen molar-refractivity contribution < 1.29 is 4.84 Å². The van der Waals surface area contributed by atoms with Crippen molar-refractivity contribution in [1.82, 2.24) is 5.48 Å². The van der Waals surface area contributed by atoms with Gasteiger partial charge in [0.25, 0.3) is 0 Å². The molecular formula is C9H14NO. The molecule has 0 amide bonds. The molecule has 1 heterocycles. The van der Waals surface area contributed by atoms with Gasteiger partial charge >= 0.3 is 0 Å². The minimum Gasteiger partial charge on any atom is -0.404 e. The second-order valence-electron chi connectivity index (χ2n) is 3.83. The van der Waals surface area contributed by atoms with Crippen molar-refractivity contribution in [2.45, 2.75) is 32.2 Å². The van der Waals surface area contributed by atoms with E-state index in [1.54, 1.807) is 0 Å². The molecule has 1 N–H and O–H groups in total. The molecule has 0 bridgehead atoms. The quantitative estimate of drug-likeness (QED) is 0.649. The number of nitrogens with one attached hydrogen (secondary N) is 1. The molecule has 1 fully saturated rings. The Hall–Kier alpha value is -0.500. The Morgan fingerprint density at radius 1 is 1.64 bits per heavy atom. The van der Waals surface area contributed by atoms with E-state index in [0.717, 1.165) is 5.92 Å². The summed E-state index contributed by atoms with van der Waals surface area (Å²) in [5, 5.41) is 0. The summed E-state index contributed by atoms with van der Waals surface area (Å²) in [6.45, 7) is 4.44. The largest absolute Gasteiger partial charge is 0.404 e. The fraction of sp³-hybridized carbons (Fsp3) is 0.778. The summed E-state index contributed by atoms with van der Waals surface area (Å²) in [6.07, 6.45) is 7.48. The summed E-state index contributed by atoms with van der Waals surface area (Å²) in [7, 11) is 0. The highest BCUT2D eigenvalue weighted by Crippen LogP contribution is 2.45. The fourth-order valence-electron chi connectivity index (χ4n) is 1.79. The Labute approximate surface area is 67.6 Å². The Balaban J connectivity index is 2.18. The molecule has 0 saturated heterocycles. The van der Waals surface area contributed by atoms with Crippen LogP contribution >= 0.6 is 0 Å². The van der Waals surface area contributed by atoms with Crippen molar-refractivity contribution in [1.29, 1.82) is 0 Å². The summed E-state index contributed by atoms with van der Waals surface area (Å²) < 4.78 is 0. The van der Waals surface area contributed by atoms with Gasteiger partial charge in [-0.1, -0.05) is 13.8 Å². The fourth-order valence-corrected chi connectivity index (χ4v) is 1.79. The van der Waals surface area contributed by atoms with Crippen LogP contribution in [0.1, 0.15) is 26.7 Å². The van der Waals surface area contributed by atoms with Crippen LogP contribution in [0.25, 0.3) is 0 Å². The molecule has 61 valence electrons. The van der Waals surface area contributed by atoms with Gasteiger partial charge < -0.3 is 4.84 Å². The van der Waals surface area contributed by atoms with E-state index in [4.69, 9.17) is 4.84 Å². The van der Waals surface area contributed by atoms with E-state index >= 15 is 0 Å². The standard InChI is InChI=1S/C9H14NO/c1-7(2)9(8-3-4-8)5-6-11-10-9/h5,7-8,10H,3-4H2,1-2H3. The molecule has 0 aromatic carbocycles. The minimum absolute atomic E-state index is 0.0972. The average Bonchev–Trinajstić information content (AvgIpc) is 2.69. The Kier molecular flexibility index (Phi) is 1.46. The van der Waals surface area contributed by atoms with Crippen molar-refractivity contribution >= 4 is 0 Å². The zero-order valence-corrected chi connectivity index (χ0v) is 7.05. The monoisotopic (exact) mass is 152 g/mol. The molecule has 11 heavy (non-hydrogen) atoms. The van der Waals surface area contributed by atoms with Gasteiger partial charge in [0.2, 0.25) is 0 Å². The average molecular weight is 152 g/mol. The van der Waals surface area contributed by atoms with E-state index in [9.17, 15) is 0 Å². The van der Waals surface area contributed by atoms with Crippen LogP contribution in [0.15, 0.2) is 6.08 Å². The molecule has 2 aliphatic rings. The second kappa shape index (κ2) is 2.24. The first-order chi connectivity index (χ1) is 5.26. The lowest BCUT2D eigenvalue weighted by Crippen LogP contribution is -2.46. The summed E-state index contributed by atoms with van der Waals surface area (Å²) in [5.41, 5.74) is 3.16. The maximum Gasteiger partial charge on any atom is 0.189 e. The van der Waals surface area contributed by atoms with Crippen LogP contribution in [0, 0.1) is 18.1 Å². The van der Waals surface area contributed by atoms with Crippen LogP contribution < -0.4 is 5.48 Å². The van der Waals surface area contributed by atoms with E-state index in [2.05, 4.69) is 31.7 Å². The maximum absolute atomic E-state index is 4.97. The minimum atomic E-state index is 0.0972. The molecular weight excluding hydrogens is 138 g/mol. The topological polar surface area (TPSA) is 21.3 Å². The third-order valence-electron chi connectivity index (χ3n) is 2.79. The first kappa shape index (κ1) is 7.17. The number of rotatable bonds is 2. The van der Waals surface area contributed by atoms with Crippen molar-refractivity contribution in [2.24, 2.45) is 11.8 Å². The Morgan fingerprint density at radius 2 is 2.36 bits per heavy atom. The molecule has 1 atom stereocenters. The van der Waals surface area contributed by atoms with Gasteiger partial charge in [-0.25, -0.2) is 0 Å². The summed E-state index contributed by atoms with van der Waals surface area (Å²) in [6, 6.07) is 0.